The molecule has 0 saturated carbocycles. The minimum absolute atomic E-state index is 0.358. The number of aromatic nitrogens is 1. The minimum Gasteiger partial charge on any atom is -0.480 e. The zero-order chi connectivity index (χ0) is 12.3. The fraction of sp³-hybridized carbons (Fsp3) is 0.364. The standard InChI is InChI=1S/C11H12N4O2/c12-6-8-1-2-14-10(5-8)15-4-3-13-9(7-15)11(16)17/h1-2,5,9,13H,3-4,7H2,(H,16,17)/t9-/m0/s1. The summed E-state index contributed by atoms with van der Waals surface area (Å²) in [6.07, 6.45) is 1.56. The SMILES string of the molecule is N#Cc1ccnc(N2CCN[C@H](C(=O)O)C2)c1. The molecular weight excluding hydrogens is 220 g/mol. The van der Waals surface area contributed by atoms with Gasteiger partial charge in [0.15, 0.2) is 0 Å². The van der Waals surface area contributed by atoms with Crippen LogP contribution in [0.2, 0.25) is 0 Å². The van der Waals surface area contributed by atoms with Crippen molar-refractivity contribution in [3.05, 3.63) is 23.9 Å². The van der Waals surface area contributed by atoms with Crippen molar-refractivity contribution in [1.82, 2.24) is 10.3 Å². The van der Waals surface area contributed by atoms with Crippen LogP contribution in [0, 0.1) is 11.3 Å². The van der Waals surface area contributed by atoms with Gasteiger partial charge in [-0.05, 0) is 12.1 Å². The van der Waals surface area contributed by atoms with Gasteiger partial charge in [0.2, 0.25) is 0 Å². The molecule has 2 heterocycles. The van der Waals surface area contributed by atoms with Gasteiger partial charge in [0, 0.05) is 25.8 Å². The first-order chi connectivity index (χ1) is 8.20. The van der Waals surface area contributed by atoms with Crippen LogP contribution in [0.4, 0.5) is 5.82 Å². The average molecular weight is 232 g/mol. The second-order valence-corrected chi connectivity index (χ2v) is 3.81. The van der Waals surface area contributed by atoms with Crippen LogP contribution in [0.5, 0.6) is 0 Å². The van der Waals surface area contributed by atoms with Crippen LogP contribution in [0.3, 0.4) is 0 Å². The molecule has 6 nitrogen and oxygen atoms in total. The quantitative estimate of drug-likeness (QED) is 0.735. The van der Waals surface area contributed by atoms with E-state index in [0.717, 1.165) is 0 Å². The molecule has 88 valence electrons. The number of rotatable bonds is 2. The van der Waals surface area contributed by atoms with Crippen LogP contribution in [0.15, 0.2) is 18.3 Å². The van der Waals surface area contributed by atoms with Gasteiger partial charge in [-0.3, -0.25) is 4.79 Å². The molecule has 0 radical (unpaired) electrons. The largest absolute Gasteiger partial charge is 0.480 e. The number of nitriles is 1. The summed E-state index contributed by atoms with van der Waals surface area (Å²) in [6, 6.07) is 4.75. The number of carboxylic acid groups (broad SMARTS) is 1. The van der Waals surface area contributed by atoms with Gasteiger partial charge < -0.3 is 15.3 Å². The zero-order valence-corrected chi connectivity index (χ0v) is 9.13. The van der Waals surface area contributed by atoms with E-state index in [1.807, 2.05) is 11.0 Å². The highest BCUT2D eigenvalue weighted by Gasteiger charge is 2.25. The van der Waals surface area contributed by atoms with Crippen LogP contribution in [-0.4, -0.2) is 41.7 Å². The van der Waals surface area contributed by atoms with E-state index in [1.54, 1.807) is 18.3 Å². The van der Waals surface area contributed by atoms with Gasteiger partial charge in [-0.15, -0.1) is 0 Å². The first kappa shape index (κ1) is 11.4. The summed E-state index contributed by atoms with van der Waals surface area (Å²) in [4.78, 5) is 16.9. The Morgan fingerprint density at radius 3 is 3.24 bits per heavy atom. The van der Waals surface area contributed by atoms with Crippen molar-refractivity contribution in [1.29, 1.82) is 5.26 Å². The molecule has 0 amide bonds. The number of piperazine rings is 1. The maximum Gasteiger partial charge on any atom is 0.322 e. The highest BCUT2D eigenvalue weighted by molar-refractivity contribution is 5.74. The summed E-state index contributed by atoms with van der Waals surface area (Å²) >= 11 is 0. The van der Waals surface area contributed by atoms with Crippen LogP contribution >= 0.6 is 0 Å². The van der Waals surface area contributed by atoms with Gasteiger partial charge in [-0.1, -0.05) is 0 Å². The third kappa shape index (κ3) is 2.52. The molecule has 1 aromatic rings. The number of carboxylic acids is 1. The first-order valence-corrected chi connectivity index (χ1v) is 5.28. The lowest BCUT2D eigenvalue weighted by molar-refractivity contribution is -0.139. The Hall–Kier alpha value is -2.13. The lowest BCUT2D eigenvalue weighted by atomic mass is 10.2. The highest BCUT2D eigenvalue weighted by Crippen LogP contribution is 2.14. The lowest BCUT2D eigenvalue weighted by Gasteiger charge is -2.32. The van der Waals surface area contributed by atoms with Crippen molar-refractivity contribution in [3.8, 4) is 6.07 Å². The van der Waals surface area contributed by atoms with E-state index in [9.17, 15) is 4.79 Å². The molecule has 2 rings (SSSR count). The molecule has 1 aliphatic heterocycles. The summed E-state index contributed by atoms with van der Waals surface area (Å²) in [5.41, 5.74) is 0.528. The van der Waals surface area contributed by atoms with E-state index in [1.165, 1.54) is 0 Å². The summed E-state index contributed by atoms with van der Waals surface area (Å²) in [6.45, 7) is 1.64. The van der Waals surface area contributed by atoms with Gasteiger partial charge in [-0.25, -0.2) is 4.98 Å². The number of carbonyl (C=O) groups is 1. The van der Waals surface area contributed by atoms with Crippen LogP contribution in [-0.2, 0) is 4.79 Å². The Bertz CT molecular complexity index is 469. The molecule has 1 aromatic heterocycles. The summed E-state index contributed by atoms with van der Waals surface area (Å²) in [5, 5.41) is 20.7. The molecule has 1 atom stereocenters. The van der Waals surface area contributed by atoms with E-state index >= 15 is 0 Å². The normalized spacial score (nSPS) is 19.7. The number of hydrogen-bond acceptors (Lipinski definition) is 5. The fourth-order valence-electron chi connectivity index (χ4n) is 1.78. The van der Waals surface area contributed by atoms with Gasteiger partial charge in [0.05, 0.1) is 11.6 Å². The fourth-order valence-corrected chi connectivity index (χ4v) is 1.78. The second kappa shape index (κ2) is 4.80. The number of nitrogens with zero attached hydrogens (tertiary/aromatic N) is 3. The van der Waals surface area contributed by atoms with Crippen LogP contribution in [0.25, 0.3) is 0 Å². The van der Waals surface area contributed by atoms with Gasteiger partial charge in [-0.2, -0.15) is 5.26 Å². The van der Waals surface area contributed by atoms with E-state index in [4.69, 9.17) is 10.4 Å². The predicted molar refractivity (Wildman–Crippen MR) is 60.6 cm³/mol. The molecule has 1 aliphatic rings. The van der Waals surface area contributed by atoms with E-state index in [-0.39, 0.29) is 0 Å². The molecule has 2 N–H and O–H groups in total. The molecular formula is C11H12N4O2. The van der Waals surface area contributed by atoms with Crippen molar-refractivity contribution in [2.24, 2.45) is 0 Å². The molecule has 0 aromatic carbocycles. The van der Waals surface area contributed by atoms with E-state index in [0.29, 0.717) is 31.0 Å². The maximum atomic E-state index is 10.9. The minimum atomic E-state index is -0.869. The summed E-state index contributed by atoms with van der Waals surface area (Å²) < 4.78 is 0. The molecule has 1 fully saturated rings. The van der Waals surface area contributed by atoms with Crippen molar-refractivity contribution in [3.63, 3.8) is 0 Å². The number of pyridine rings is 1. The van der Waals surface area contributed by atoms with Crippen LogP contribution in [0.1, 0.15) is 5.56 Å². The molecule has 17 heavy (non-hydrogen) atoms. The first-order valence-electron chi connectivity index (χ1n) is 5.28. The highest BCUT2D eigenvalue weighted by atomic mass is 16.4. The zero-order valence-electron chi connectivity index (χ0n) is 9.13. The average Bonchev–Trinajstić information content (AvgIpc) is 2.39. The monoisotopic (exact) mass is 232 g/mol. The van der Waals surface area contributed by atoms with Crippen molar-refractivity contribution < 1.29 is 9.90 Å². The Morgan fingerprint density at radius 1 is 1.71 bits per heavy atom. The van der Waals surface area contributed by atoms with Crippen molar-refractivity contribution in [2.45, 2.75) is 6.04 Å². The molecule has 6 heteroatoms. The Balaban J connectivity index is 2.16. The van der Waals surface area contributed by atoms with Gasteiger partial charge in [0.25, 0.3) is 0 Å². The Kier molecular flexibility index (Phi) is 3.21. The smallest absolute Gasteiger partial charge is 0.322 e. The number of anilines is 1. The Morgan fingerprint density at radius 2 is 2.53 bits per heavy atom. The Labute approximate surface area is 98.5 Å². The number of nitrogens with one attached hydrogen (secondary N) is 1. The number of aliphatic carboxylic acids is 1. The van der Waals surface area contributed by atoms with Gasteiger partial charge >= 0.3 is 5.97 Å². The molecule has 1 saturated heterocycles. The van der Waals surface area contributed by atoms with Crippen molar-refractivity contribution >= 4 is 11.8 Å². The predicted octanol–water partition coefficient (Wildman–Crippen LogP) is -0.184. The van der Waals surface area contributed by atoms with Crippen molar-refractivity contribution in [2.75, 3.05) is 24.5 Å². The second-order valence-electron chi connectivity index (χ2n) is 3.81. The molecule has 0 unspecified atom stereocenters. The summed E-state index contributed by atoms with van der Waals surface area (Å²) in [7, 11) is 0. The lowest BCUT2D eigenvalue weighted by Crippen LogP contribution is -2.54. The number of hydrogen-bond donors (Lipinski definition) is 2. The third-order valence-corrected chi connectivity index (χ3v) is 2.67. The van der Waals surface area contributed by atoms with E-state index < -0.39 is 12.0 Å². The van der Waals surface area contributed by atoms with E-state index in [2.05, 4.69) is 10.3 Å². The van der Waals surface area contributed by atoms with Crippen LogP contribution < -0.4 is 10.2 Å². The third-order valence-electron chi connectivity index (χ3n) is 2.67. The summed E-state index contributed by atoms with van der Waals surface area (Å²) in [5.74, 6) is -0.220. The molecule has 0 aliphatic carbocycles. The van der Waals surface area contributed by atoms with Gasteiger partial charge in [0.1, 0.15) is 11.9 Å². The molecule has 0 spiro atoms. The maximum absolute atomic E-state index is 10.9. The topological polar surface area (TPSA) is 89.3 Å². The molecule has 0 bridgehead atoms.